The molecular formula is C17H28N4O3. The number of allylic oxidation sites excluding steroid dienone is 4. The predicted molar refractivity (Wildman–Crippen MR) is 94.8 cm³/mol. The van der Waals surface area contributed by atoms with Crippen LogP contribution in [0.25, 0.3) is 0 Å². The van der Waals surface area contributed by atoms with E-state index >= 15 is 0 Å². The molecule has 24 heavy (non-hydrogen) atoms. The Morgan fingerprint density at radius 3 is 2.42 bits per heavy atom. The number of hydrogen-bond donors (Lipinski definition) is 4. The summed E-state index contributed by atoms with van der Waals surface area (Å²) in [5.74, 6) is -1.15. The molecule has 0 aliphatic rings. The molecule has 0 aliphatic heterocycles. The zero-order valence-corrected chi connectivity index (χ0v) is 14.4. The summed E-state index contributed by atoms with van der Waals surface area (Å²) in [7, 11) is 0. The molecule has 0 bridgehead atoms. The SMILES string of the molecule is C=C(C)/C=C\C(=C/C)C[C@H](N)C(=O)NCC(=O)NCCCC(N)=O. The Morgan fingerprint density at radius 2 is 1.88 bits per heavy atom. The van der Waals surface area contributed by atoms with Crippen LogP contribution >= 0.6 is 0 Å². The highest BCUT2D eigenvalue weighted by Crippen LogP contribution is 2.07. The van der Waals surface area contributed by atoms with E-state index in [1.165, 1.54) is 0 Å². The highest BCUT2D eigenvalue weighted by atomic mass is 16.2. The summed E-state index contributed by atoms with van der Waals surface area (Å²) in [4.78, 5) is 34.0. The van der Waals surface area contributed by atoms with Gasteiger partial charge < -0.3 is 22.1 Å². The quantitative estimate of drug-likeness (QED) is 0.319. The molecule has 134 valence electrons. The molecule has 0 aliphatic carbocycles. The lowest BCUT2D eigenvalue weighted by molar-refractivity contribution is -0.126. The highest BCUT2D eigenvalue weighted by Gasteiger charge is 2.15. The maximum Gasteiger partial charge on any atom is 0.239 e. The van der Waals surface area contributed by atoms with Gasteiger partial charge in [0, 0.05) is 13.0 Å². The number of carbonyl (C=O) groups is 3. The first-order valence-corrected chi connectivity index (χ1v) is 7.83. The van der Waals surface area contributed by atoms with Gasteiger partial charge in [-0.05, 0) is 26.7 Å². The molecule has 7 nitrogen and oxygen atoms in total. The van der Waals surface area contributed by atoms with E-state index in [4.69, 9.17) is 11.5 Å². The second-order valence-corrected chi connectivity index (χ2v) is 5.49. The second-order valence-electron chi connectivity index (χ2n) is 5.49. The Hall–Kier alpha value is -2.41. The fraction of sp³-hybridized carbons (Fsp3) is 0.471. The van der Waals surface area contributed by atoms with E-state index in [0.29, 0.717) is 19.4 Å². The Kier molecular flexibility index (Phi) is 10.9. The molecule has 6 N–H and O–H groups in total. The topological polar surface area (TPSA) is 127 Å². The average molecular weight is 336 g/mol. The molecule has 0 aromatic heterocycles. The van der Waals surface area contributed by atoms with Crippen molar-refractivity contribution in [3.05, 3.63) is 36.0 Å². The average Bonchev–Trinajstić information content (AvgIpc) is 2.52. The summed E-state index contributed by atoms with van der Waals surface area (Å²) in [5.41, 5.74) is 12.7. The first-order valence-electron chi connectivity index (χ1n) is 7.83. The molecule has 0 heterocycles. The highest BCUT2D eigenvalue weighted by molar-refractivity contribution is 5.87. The van der Waals surface area contributed by atoms with Crippen LogP contribution in [0.5, 0.6) is 0 Å². The lowest BCUT2D eigenvalue weighted by Crippen LogP contribution is -2.45. The van der Waals surface area contributed by atoms with Crippen LogP contribution in [0.15, 0.2) is 36.0 Å². The molecule has 0 aromatic rings. The number of carbonyl (C=O) groups excluding carboxylic acids is 3. The Labute approximate surface area is 143 Å². The van der Waals surface area contributed by atoms with E-state index in [-0.39, 0.29) is 18.9 Å². The maximum absolute atomic E-state index is 11.9. The normalized spacial score (nSPS) is 12.7. The maximum atomic E-state index is 11.9. The number of hydrogen-bond acceptors (Lipinski definition) is 4. The molecule has 0 unspecified atom stereocenters. The van der Waals surface area contributed by atoms with Crippen molar-refractivity contribution in [1.82, 2.24) is 10.6 Å². The van der Waals surface area contributed by atoms with Crippen LogP contribution in [0.2, 0.25) is 0 Å². The van der Waals surface area contributed by atoms with Gasteiger partial charge in [0.2, 0.25) is 17.7 Å². The van der Waals surface area contributed by atoms with Gasteiger partial charge in [0.25, 0.3) is 0 Å². The van der Waals surface area contributed by atoms with Crippen LogP contribution in [-0.2, 0) is 14.4 Å². The van der Waals surface area contributed by atoms with Gasteiger partial charge in [0.05, 0.1) is 12.6 Å². The van der Waals surface area contributed by atoms with Crippen LogP contribution in [0.4, 0.5) is 0 Å². The summed E-state index contributed by atoms with van der Waals surface area (Å²) in [6.07, 6.45) is 6.63. The number of rotatable bonds is 11. The third kappa shape index (κ3) is 11.2. The number of primary amides is 1. The Morgan fingerprint density at radius 1 is 1.21 bits per heavy atom. The van der Waals surface area contributed by atoms with E-state index in [1.807, 2.05) is 32.1 Å². The van der Waals surface area contributed by atoms with E-state index in [9.17, 15) is 14.4 Å². The van der Waals surface area contributed by atoms with Gasteiger partial charge in [-0.3, -0.25) is 14.4 Å². The van der Waals surface area contributed by atoms with Gasteiger partial charge >= 0.3 is 0 Å². The molecule has 1 atom stereocenters. The zero-order chi connectivity index (χ0) is 18.5. The fourth-order valence-electron chi connectivity index (χ4n) is 1.73. The molecular weight excluding hydrogens is 308 g/mol. The minimum atomic E-state index is -0.742. The number of nitrogens with two attached hydrogens (primary N) is 2. The van der Waals surface area contributed by atoms with Gasteiger partial charge in [-0.15, -0.1) is 0 Å². The smallest absolute Gasteiger partial charge is 0.239 e. The van der Waals surface area contributed by atoms with Gasteiger partial charge in [-0.1, -0.05) is 36.0 Å². The third-order valence-electron chi connectivity index (χ3n) is 3.09. The second kappa shape index (κ2) is 12.1. The molecule has 0 fully saturated rings. The van der Waals surface area contributed by atoms with Gasteiger partial charge in [-0.2, -0.15) is 0 Å². The van der Waals surface area contributed by atoms with E-state index in [1.54, 1.807) is 0 Å². The fourth-order valence-corrected chi connectivity index (χ4v) is 1.73. The Balaban J connectivity index is 4.15. The summed E-state index contributed by atoms with van der Waals surface area (Å²) in [6, 6.07) is -0.742. The largest absolute Gasteiger partial charge is 0.370 e. The van der Waals surface area contributed by atoms with Crippen molar-refractivity contribution in [2.24, 2.45) is 11.5 Å². The van der Waals surface area contributed by atoms with Crippen molar-refractivity contribution in [2.45, 2.75) is 39.2 Å². The van der Waals surface area contributed by atoms with Crippen molar-refractivity contribution in [1.29, 1.82) is 0 Å². The molecule has 3 amide bonds. The van der Waals surface area contributed by atoms with Crippen molar-refractivity contribution >= 4 is 17.7 Å². The number of amides is 3. The van der Waals surface area contributed by atoms with Crippen LogP contribution in [0.3, 0.4) is 0 Å². The van der Waals surface area contributed by atoms with Crippen LogP contribution in [0, 0.1) is 0 Å². The molecule has 7 heteroatoms. The van der Waals surface area contributed by atoms with Crippen molar-refractivity contribution < 1.29 is 14.4 Å². The van der Waals surface area contributed by atoms with Crippen molar-refractivity contribution in [2.75, 3.05) is 13.1 Å². The summed E-state index contributed by atoms with van der Waals surface area (Å²) in [5, 5.41) is 5.07. The van der Waals surface area contributed by atoms with Crippen LogP contribution < -0.4 is 22.1 Å². The standard InChI is InChI=1S/C17H28N4O3/c1-4-13(8-7-12(2)3)10-14(18)17(24)21-11-16(23)20-9-5-6-15(19)22/h4,7-8,14H,2,5-6,9-11,18H2,1,3H3,(H2,19,22)(H,20,23)(H,21,24)/b8-7-,13-4+/t14-/m0/s1. The van der Waals surface area contributed by atoms with Gasteiger partial charge in [-0.25, -0.2) is 0 Å². The minimum absolute atomic E-state index is 0.157. The first kappa shape index (κ1) is 21.6. The number of nitrogens with one attached hydrogen (secondary N) is 2. The van der Waals surface area contributed by atoms with Gasteiger partial charge in [0.1, 0.15) is 0 Å². The molecule has 0 rings (SSSR count). The Bertz CT molecular complexity index is 524. The van der Waals surface area contributed by atoms with Crippen molar-refractivity contribution in [3.8, 4) is 0 Å². The zero-order valence-electron chi connectivity index (χ0n) is 14.4. The minimum Gasteiger partial charge on any atom is -0.370 e. The lowest BCUT2D eigenvalue weighted by atomic mass is 10.0. The molecule has 0 aromatic carbocycles. The van der Waals surface area contributed by atoms with Gasteiger partial charge in [0.15, 0.2) is 0 Å². The predicted octanol–water partition coefficient (Wildman–Crippen LogP) is 0.280. The molecule has 0 radical (unpaired) electrons. The molecule has 0 saturated heterocycles. The van der Waals surface area contributed by atoms with Crippen LogP contribution in [0.1, 0.15) is 33.1 Å². The summed E-state index contributed by atoms with van der Waals surface area (Å²) < 4.78 is 0. The van der Waals surface area contributed by atoms with E-state index < -0.39 is 17.9 Å². The summed E-state index contributed by atoms with van der Waals surface area (Å²) >= 11 is 0. The lowest BCUT2D eigenvalue weighted by Gasteiger charge is -2.13. The molecule has 0 saturated carbocycles. The summed E-state index contributed by atoms with van der Waals surface area (Å²) in [6.45, 7) is 7.68. The van der Waals surface area contributed by atoms with E-state index in [2.05, 4.69) is 17.2 Å². The monoisotopic (exact) mass is 336 g/mol. The van der Waals surface area contributed by atoms with E-state index in [0.717, 1.165) is 11.1 Å². The first-order chi connectivity index (χ1) is 11.3. The third-order valence-corrected chi connectivity index (χ3v) is 3.09. The van der Waals surface area contributed by atoms with Crippen molar-refractivity contribution in [3.63, 3.8) is 0 Å². The van der Waals surface area contributed by atoms with Crippen LogP contribution in [-0.4, -0.2) is 36.9 Å². The molecule has 0 spiro atoms.